The third-order valence-electron chi connectivity index (χ3n) is 4.52. The van der Waals surface area contributed by atoms with Gasteiger partial charge in [0.15, 0.2) is 5.82 Å². The number of hydrogen-bond donors (Lipinski definition) is 0. The van der Waals surface area contributed by atoms with Gasteiger partial charge in [-0.15, -0.1) is 11.3 Å². The van der Waals surface area contributed by atoms with Gasteiger partial charge in [-0.25, -0.2) is 14.4 Å². The molecule has 4 heterocycles. The highest BCUT2D eigenvalue weighted by molar-refractivity contribution is 7.07. The summed E-state index contributed by atoms with van der Waals surface area (Å²) in [7, 11) is 0. The molecule has 5 nitrogen and oxygen atoms in total. The summed E-state index contributed by atoms with van der Waals surface area (Å²) >= 11 is 1.61. The third kappa shape index (κ3) is 3.03. The summed E-state index contributed by atoms with van der Waals surface area (Å²) < 4.78 is 16.1. The number of rotatable bonds is 4. The van der Waals surface area contributed by atoms with Gasteiger partial charge in [-0.1, -0.05) is 0 Å². The van der Waals surface area contributed by atoms with Crippen LogP contribution in [0.3, 0.4) is 0 Å². The Morgan fingerprint density at radius 3 is 2.83 bits per heavy atom. The van der Waals surface area contributed by atoms with Crippen molar-refractivity contribution >= 4 is 17.0 Å². The predicted molar refractivity (Wildman–Crippen MR) is 91.8 cm³/mol. The lowest BCUT2D eigenvalue weighted by atomic mass is 9.95. The first-order chi connectivity index (χ1) is 11.8. The van der Waals surface area contributed by atoms with Gasteiger partial charge < -0.3 is 9.47 Å². The normalized spacial score (nSPS) is 15.8. The molecule has 0 amide bonds. The van der Waals surface area contributed by atoms with E-state index >= 15 is 0 Å². The first-order valence-corrected chi connectivity index (χ1v) is 8.98. The molecule has 0 N–H and O–H groups in total. The molecular formula is C17H18FN5S. The smallest absolute Gasteiger partial charge is 0.164 e. The van der Waals surface area contributed by atoms with Gasteiger partial charge in [0.2, 0.25) is 0 Å². The average Bonchev–Trinajstić information content (AvgIpc) is 3.28. The van der Waals surface area contributed by atoms with Crippen molar-refractivity contribution in [3.63, 3.8) is 0 Å². The Hall–Kier alpha value is -2.28. The minimum Gasteiger partial charge on any atom is -0.369 e. The second-order valence-electron chi connectivity index (χ2n) is 5.98. The van der Waals surface area contributed by atoms with Crippen LogP contribution in [-0.4, -0.2) is 32.6 Å². The van der Waals surface area contributed by atoms with Crippen LogP contribution in [0, 0.1) is 5.82 Å². The third-order valence-corrected chi connectivity index (χ3v) is 5.15. The molecule has 7 heteroatoms. The molecule has 3 aromatic heterocycles. The number of nitrogens with zero attached hydrogens (tertiary/aromatic N) is 5. The Balaban J connectivity index is 1.45. The van der Waals surface area contributed by atoms with Gasteiger partial charge in [0.25, 0.3) is 0 Å². The molecule has 1 saturated heterocycles. The molecule has 124 valence electrons. The van der Waals surface area contributed by atoms with Gasteiger partial charge in [0, 0.05) is 43.0 Å². The van der Waals surface area contributed by atoms with E-state index in [1.807, 2.05) is 17.9 Å². The van der Waals surface area contributed by atoms with E-state index in [1.54, 1.807) is 23.6 Å². The van der Waals surface area contributed by atoms with Crippen molar-refractivity contribution < 1.29 is 4.39 Å². The highest BCUT2D eigenvalue weighted by atomic mass is 32.1. The van der Waals surface area contributed by atoms with Gasteiger partial charge in [-0.05, 0) is 18.9 Å². The molecule has 3 aromatic rings. The number of hydrogen-bond acceptors (Lipinski definition) is 5. The monoisotopic (exact) mass is 343 g/mol. The van der Waals surface area contributed by atoms with Gasteiger partial charge in [-0.2, -0.15) is 0 Å². The van der Waals surface area contributed by atoms with Crippen molar-refractivity contribution in [3.8, 4) is 0 Å². The van der Waals surface area contributed by atoms with Crippen molar-refractivity contribution in [1.29, 1.82) is 0 Å². The van der Waals surface area contributed by atoms with Gasteiger partial charge in [-0.3, -0.25) is 4.98 Å². The van der Waals surface area contributed by atoms with Gasteiger partial charge in [0.1, 0.15) is 5.82 Å². The maximum absolute atomic E-state index is 13.9. The van der Waals surface area contributed by atoms with E-state index in [0.29, 0.717) is 11.6 Å². The largest absolute Gasteiger partial charge is 0.369 e. The molecule has 0 bridgehead atoms. The van der Waals surface area contributed by atoms with Crippen LogP contribution >= 0.6 is 11.3 Å². The standard InChI is InChI=1S/C17H18FN5S/c18-15-9-19-4-1-16(15)22-6-2-13(3-7-22)17-20-5-8-23(17)10-14-11-24-12-21-14/h1,4-5,8-9,11-13H,2-3,6-7,10H2. The van der Waals surface area contributed by atoms with Crippen molar-refractivity contribution in [3.05, 3.63) is 59.1 Å². The van der Waals surface area contributed by atoms with E-state index in [2.05, 4.69) is 29.8 Å². The molecular weight excluding hydrogens is 325 g/mol. The molecule has 1 fully saturated rings. The molecule has 0 saturated carbocycles. The van der Waals surface area contributed by atoms with Crippen LogP contribution in [0.4, 0.5) is 10.1 Å². The predicted octanol–water partition coefficient (Wildman–Crippen LogP) is 3.31. The molecule has 0 radical (unpaired) electrons. The van der Waals surface area contributed by atoms with Crippen LogP contribution in [0.2, 0.25) is 0 Å². The number of pyridine rings is 1. The number of imidazole rings is 1. The molecule has 0 atom stereocenters. The zero-order valence-electron chi connectivity index (χ0n) is 13.2. The quantitative estimate of drug-likeness (QED) is 0.729. The van der Waals surface area contributed by atoms with Crippen LogP contribution < -0.4 is 4.90 Å². The van der Waals surface area contributed by atoms with E-state index in [9.17, 15) is 4.39 Å². The highest BCUT2D eigenvalue weighted by Gasteiger charge is 2.25. The van der Waals surface area contributed by atoms with Gasteiger partial charge in [0.05, 0.1) is 29.6 Å². The van der Waals surface area contributed by atoms with E-state index < -0.39 is 0 Å². The summed E-state index contributed by atoms with van der Waals surface area (Å²) in [5.41, 5.74) is 3.57. The van der Waals surface area contributed by atoms with Crippen LogP contribution in [0.5, 0.6) is 0 Å². The first-order valence-electron chi connectivity index (χ1n) is 8.04. The summed E-state index contributed by atoms with van der Waals surface area (Å²) in [5, 5.41) is 2.07. The lowest BCUT2D eigenvalue weighted by molar-refractivity contribution is 0.465. The Labute approximate surface area is 143 Å². The van der Waals surface area contributed by atoms with Crippen LogP contribution in [-0.2, 0) is 6.54 Å². The topological polar surface area (TPSA) is 46.8 Å². The fourth-order valence-electron chi connectivity index (χ4n) is 3.31. The van der Waals surface area contributed by atoms with Crippen molar-refractivity contribution in [2.45, 2.75) is 25.3 Å². The van der Waals surface area contributed by atoms with E-state index in [0.717, 1.165) is 44.0 Å². The second kappa shape index (κ2) is 6.68. The summed E-state index contributed by atoms with van der Waals surface area (Å²) in [4.78, 5) is 14.8. The first kappa shape index (κ1) is 15.3. The van der Waals surface area contributed by atoms with Crippen molar-refractivity contribution in [2.24, 2.45) is 0 Å². The van der Waals surface area contributed by atoms with Gasteiger partial charge >= 0.3 is 0 Å². The Morgan fingerprint density at radius 1 is 1.21 bits per heavy atom. The summed E-state index contributed by atoms with van der Waals surface area (Å²) in [6, 6.07) is 1.75. The number of thiazole rings is 1. The maximum Gasteiger partial charge on any atom is 0.164 e. The Kier molecular flexibility index (Phi) is 4.25. The summed E-state index contributed by atoms with van der Waals surface area (Å²) in [6.45, 7) is 2.42. The molecule has 0 aliphatic carbocycles. The lowest BCUT2D eigenvalue weighted by Crippen LogP contribution is -2.34. The summed E-state index contributed by atoms with van der Waals surface area (Å²) in [6.07, 6.45) is 8.74. The fraction of sp³-hybridized carbons (Fsp3) is 0.353. The Bertz CT molecular complexity index is 793. The van der Waals surface area contributed by atoms with Crippen LogP contribution in [0.1, 0.15) is 30.3 Å². The van der Waals surface area contributed by atoms with Crippen molar-refractivity contribution in [2.75, 3.05) is 18.0 Å². The molecule has 24 heavy (non-hydrogen) atoms. The highest BCUT2D eigenvalue weighted by Crippen LogP contribution is 2.30. The minimum atomic E-state index is -0.249. The maximum atomic E-state index is 13.9. The lowest BCUT2D eigenvalue weighted by Gasteiger charge is -2.33. The molecule has 1 aliphatic heterocycles. The summed E-state index contributed by atoms with van der Waals surface area (Å²) in [5.74, 6) is 1.26. The zero-order valence-corrected chi connectivity index (χ0v) is 14.0. The van der Waals surface area contributed by atoms with Crippen molar-refractivity contribution in [1.82, 2.24) is 19.5 Å². The van der Waals surface area contributed by atoms with Crippen LogP contribution in [0.25, 0.3) is 0 Å². The minimum absolute atomic E-state index is 0.249. The van der Waals surface area contributed by atoms with E-state index in [4.69, 9.17) is 0 Å². The fourth-order valence-corrected chi connectivity index (χ4v) is 3.86. The molecule has 0 spiro atoms. The SMILES string of the molecule is Fc1cnccc1N1CCC(c2nccn2Cc2cscn2)CC1. The number of piperidine rings is 1. The van der Waals surface area contributed by atoms with E-state index in [1.165, 1.54) is 6.20 Å². The van der Waals surface area contributed by atoms with E-state index in [-0.39, 0.29) is 5.82 Å². The molecule has 1 aliphatic rings. The molecule has 0 aromatic carbocycles. The van der Waals surface area contributed by atoms with Crippen LogP contribution in [0.15, 0.2) is 41.7 Å². The zero-order chi connectivity index (χ0) is 16.4. The average molecular weight is 343 g/mol. The number of halogens is 1. The second-order valence-corrected chi connectivity index (χ2v) is 6.70. The molecule has 4 rings (SSSR count). The Morgan fingerprint density at radius 2 is 2.08 bits per heavy atom. The number of aromatic nitrogens is 4. The molecule has 0 unspecified atom stereocenters. The number of anilines is 1.